The maximum absolute atomic E-state index is 3.75. The molecule has 4 heteroatoms. The molecule has 0 amide bonds. The molecule has 0 radical (unpaired) electrons. The monoisotopic (exact) mass is 393 g/mol. The second kappa shape index (κ2) is 10.1. The van der Waals surface area contributed by atoms with Crippen molar-refractivity contribution >= 4 is 7.92 Å². The number of likely N-dealkylation sites (N-methyl/N-ethyl adjacent to an activating group) is 2. The highest BCUT2D eigenvalue weighted by Gasteiger charge is 2.33. The zero-order chi connectivity index (χ0) is 20.8. The highest BCUT2D eigenvalue weighted by atomic mass is 31.1. The molecule has 1 aliphatic rings. The predicted octanol–water partition coefficient (Wildman–Crippen LogP) is 5.96. The highest BCUT2D eigenvalue weighted by molar-refractivity contribution is 7.64. The van der Waals surface area contributed by atoms with E-state index in [0.29, 0.717) is 0 Å². The van der Waals surface area contributed by atoms with Crippen LogP contribution in [0.25, 0.3) is 0 Å². The summed E-state index contributed by atoms with van der Waals surface area (Å²) in [4.78, 5) is 4.92. The molecule has 0 atom stereocenters. The van der Waals surface area contributed by atoms with Gasteiger partial charge in [0.05, 0.1) is 0 Å². The maximum Gasteiger partial charge on any atom is 0.0408 e. The predicted molar refractivity (Wildman–Crippen MR) is 125 cm³/mol. The van der Waals surface area contributed by atoms with Crippen molar-refractivity contribution in [2.24, 2.45) is 0 Å². The topological polar surface area (TPSA) is 18.5 Å². The van der Waals surface area contributed by atoms with Gasteiger partial charge in [0.25, 0.3) is 0 Å². The second-order valence-electron chi connectivity index (χ2n) is 9.29. The molecule has 1 N–H and O–H groups in total. The number of nitrogens with zero attached hydrogens (tertiary/aromatic N) is 2. The number of allylic oxidation sites excluding steroid dienone is 2. The minimum atomic E-state index is -0.288. The summed E-state index contributed by atoms with van der Waals surface area (Å²) in [5.41, 5.74) is 3.93. The lowest BCUT2D eigenvalue weighted by Gasteiger charge is -2.40. The molecule has 0 bridgehead atoms. The van der Waals surface area contributed by atoms with Crippen LogP contribution in [0.1, 0.15) is 69.2 Å². The third-order valence-corrected chi connectivity index (χ3v) is 8.49. The van der Waals surface area contributed by atoms with Gasteiger partial charge in [-0.2, -0.15) is 0 Å². The third-order valence-electron chi connectivity index (χ3n) is 5.06. The minimum Gasteiger partial charge on any atom is -0.372 e. The van der Waals surface area contributed by atoms with Crippen molar-refractivity contribution < 1.29 is 0 Å². The normalized spacial score (nSPS) is 17.3. The highest BCUT2D eigenvalue weighted by Crippen LogP contribution is 2.60. The number of dihydropyridines is 1. The first-order valence-electron chi connectivity index (χ1n) is 10.6. The number of hydrogen-bond donors (Lipinski definition) is 1. The van der Waals surface area contributed by atoms with Gasteiger partial charge in [0.2, 0.25) is 0 Å². The molecule has 0 unspecified atom stereocenters. The zero-order valence-electron chi connectivity index (χ0n) is 19.6. The molecule has 0 fully saturated rings. The summed E-state index contributed by atoms with van der Waals surface area (Å²) < 4.78 is 0. The molecule has 1 rings (SSSR count). The zero-order valence-corrected chi connectivity index (χ0v) is 20.5. The molecule has 0 aromatic carbocycles. The average Bonchev–Trinajstić information content (AvgIpc) is 2.56. The Morgan fingerprint density at radius 3 is 1.78 bits per heavy atom. The van der Waals surface area contributed by atoms with E-state index in [1.54, 1.807) is 0 Å². The SMILES string of the molecule is CCN(CC)CC1=CC(N(CC)CC)=C/C(=C\P(C(C)(C)C)C(C)(C)C)N1. The summed E-state index contributed by atoms with van der Waals surface area (Å²) >= 11 is 0. The molecule has 1 aliphatic heterocycles. The van der Waals surface area contributed by atoms with Crippen molar-refractivity contribution in [3.63, 3.8) is 0 Å². The van der Waals surface area contributed by atoms with Crippen molar-refractivity contribution in [3.05, 3.63) is 35.1 Å². The Balaban J connectivity index is 3.31. The van der Waals surface area contributed by atoms with E-state index in [4.69, 9.17) is 0 Å². The van der Waals surface area contributed by atoms with E-state index in [-0.39, 0.29) is 18.2 Å². The lowest BCUT2D eigenvalue weighted by atomic mass is 10.1. The minimum absolute atomic E-state index is 0.283. The van der Waals surface area contributed by atoms with E-state index in [1.807, 2.05) is 0 Å². The lowest BCUT2D eigenvalue weighted by molar-refractivity contribution is 0.323. The Kier molecular flexibility index (Phi) is 9.09. The molecule has 0 aliphatic carbocycles. The summed E-state index contributed by atoms with van der Waals surface area (Å²) in [6.45, 7) is 28.5. The smallest absolute Gasteiger partial charge is 0.0408 e. The summed E-state index contributed by atoms with van der Waals surface area (Å²) in [5.74, 6) is 2.54. The number of rotatable bonds is 8. The van der Waals surface area contributed by atoms with Crippen LogP contribution in [0.2, 0.25) is 0 Å². The van der Waals surface area contributed by atoms with Gasteiger partial charge in [-0.1, -0.05) is 63.3 Å². The van der Waals surface area contributed by atoms with Crippen LogP contribution in [0, 0.1) is 0 Å². The van der Waals surface area contributed by atoms with Crippen molar-refractivity contribution in [1.82, 2.24) is 15.1 Å². The summed E-state index contributed by atoms with van der Waals surface area (Å²) in [7, 11) is -0.288. The van der Waals surface area contributed by atoms with Gasteiger partial charge in [0, 0.05) is 36.7 Å². The third kappa shape index (κ3) is 7.27. The van der Waals surface area contributed by atoms with Crippen LogP contribution in [0.4, 0.5) is 0 Å². The largest absolute Gasteiger partial charge is 0.372 e. The molecular weight excluding hydrogens is 349 g/mol. The Morgan fingerprint density at radius 1 is 0.852 bits per heavy atom. The molecule has 0 aromatic rings. The second-order valence-corrected chi connectivity index (χ2v) is 13.0. The van der Waals surface area contributed by atoms with Crippen molar-refractivity contribution in [1.29, 1.82) is 0 Å². The van der Waals surface area contributed by atoms with Crippen LogP contribution < -0.4 is 5.32 Å². The first-order chi connectivity index (χ1) is 12.5. The van der Waals surface area contributed by atoms with Crippen LogP contribution in [-0.4, -0.2) is 52.8 Å². The fourth-order valence-electron chi connectivity index (χ4n) is 3.78. The van der Waals surface area contributed by atoms with E-state index >= 15 is 0 Å². The van der Waals surface area contributed by atoms with Crippen LogP contribution in [-0.2, 0) is 0 Å². The van der Waals surface area contributed by atoms with Crippen LogP contribution >= 0.6 is 7.92 Å². The Hall–Kier alpha value is -0.790. The van der Waals surface area contributed by atoms with Crippen molar-refractivity contribution in [2.75, 3.05) is 32.7 Å². The average molecular weight is 394 g/mol. The standard InChI is InChI=1S/C23H44N3P/c1-11-25(12-2)17-19-15-21(26(13-3)14-4)16-20(24-19)18-27(22(5,6)7)23(8,9)10/h15-16,18,24H,11-14,17H2,1-10H3/b20-18+. The fraction of sp³-hybridized carbons (Fsp3) is 0.739. The molecular formula is C23H44N3P. The summed E-state index contributed by atoms with van der Waals surface area (Å²) in [6, 6.07) is 0. The number of nitrogens with one attached hydrogen (secondary N) is 1. The molecule has 1 heterocycles. The van der Waals surface area contributed by atoms with Crippen LogP contribution in [0.15, 0.2) is 35.1 Å². The van der Waals surface area contributed by atoms with Gasteiger partial charge in [0.15, 0.2) is 0 Å². The van der Waals surface area contributed by atoms with Gasteiger partial charge >= 0.3 is 0 Å². The molecule has 0 aromatic heterocycles. The Bertz CT molecular complexity index is 539. The Morgan fingerprint density at radius 2 is 1.37 bits per heavy atom. The van der Waals surface area contributed by atoms with Gasteiger partial charge in [-0.3, -0.25) is 4.90 Å². The van der Waals surface area contributed by atoms with Gasteiger partial charge < -0.3 is 10.2 Å². The maximum atomic E-state index is 3.75. The van der Waals surface area contributed by atoms with Gasteiger partial charge in [0.1, 0.15) is 0 Å². The molecule has 3 nitrogen and oxygen atoms in total. The van der Waals surface area contributed by atoms with E-state index < -0.39 is 0 Å². The molecule has 156 valence electrons. The fourth-order valence-corrected chi connectivity index (χ4v) is 6.99. The van der Waals surface area contributed by atoms with Crippen molar-refractivity contribution in [2.45, 2.75) is 79.5 Å². The van der Waals surface area contributed by atoms with Gasteiger partial charge in [-0.15, -0.1) is 0 Å². The summed E-state index contributed by atoms with van der Waals surface area (Å²) in [5, 5.41) is 4.32. The quantitative estimate of drug-likeness (QED) is 0.513. The van der Waals surface area contributed by atoms with E-state index in [1.165, 1.54) is 17.1 Å². The Labute approximate surface area is 170 Å². The van der Waals surface area contributed by atoms with Crippen LogP contribution in [0.5, 0.6) is 0 Å². The molecule has 0 spiro atoms. The molecule has 0 saturated heterocycles. The van der Waals surface area contributed by atoms with Crippen LogP contribution in [0.3, 0.4) is 0 Å². The number of hydrogen-bond acceptors (Lipinski definition) is 3. The van der Waals surface area contributed by atoms with Gasteiger partial charge in [-0.05, 0) is 55.2 Å². The molecule has 0 saturated carbocycles. The van der Waals surface area contributed by atoms with E-state index in [0.717, 1.165) is 32.7 Å². The van der Waals surface area contributed by atoms with E-state index in [2.05, 4.69) is 102 Å². The van der Waals surface area contributed by atoms with E-state index in [9.17, 15) is 0 Å². The van der Waals surface area contributed by atoms with Crippen molar-refractivity contribution in [3.8, 4) is 0 Å². The lowest BCUT2D eigenvalue weighted by Crippen LogP contribution is -2.33. The first-order valence-corrected chi connectivity index (χ1v) is 12.0. The first kappa shape index (κ1) is 24.2. The summed E-state index contributed by atoms with van der Waals surface area (Å²) in [6.07, 6.45) is 4.70. The van der Waals surface area contributed by atoms with Gasteiger partial charge in [-0.25, -0.2) is 0 Å². The molecule has 27 heavy (non-hydrogen) atoms.